The number of halogens is 2. The number of hydrogen-bond donors (Lipinski definition) is 0. The molecule has 1 aromatic carbocycles. The van der Waals surface area contributed by atoms with E-state index in [1.54, 1.807) is 12.1 Å². The van der Waals surface area contributed by atoms with Gasteiger partial charge in [-0.3, -0.25) is 0 Å². The molecule has 1 aliphatic heterocycles. The van der Waals surface area contributed by atoms with Gasteiger partial charge in [0.1, 0.15) is 24.3 Å². The second-order valence-electron chi connectivity index (χ2n) is 4.64. The zero-order valence-electron chi connectivity index (χ0n) is 11.4. The highest BCUT2D eigenvalue weighted by Crippen LogP contribution is 2.17. The first-order chi connectivity index (χ1) is 9.69. The van der Waals surface area contributed by atoms with Crippen LogP contribution in [0.5, 0.6) is 5.75 Å². The lowest BCUT2D eigenvalue weighted by Crippen LogP contribution is -2.42. The largest absolute Gasteiger partial charge is 0.491 e. The van der Waals surface area contributed by atoms with Gasteiger partial charge in [-0.05, 0) is 19.2 Å². The highest BCUT2D eigenvalue weighted by atomic mass is 35.5. The number of ether oxygens (including phenoxy) is 2. The summed E-state index contributed by atoms with van der Waals surface area (Å²) in [6.45, 7) is 2.86. The molecular formula is C15H17ClFNO2. The molecule has 5 heteroatoms. The summed E-state index contributed by atoms with van der Waals surface area (Å²) in [6.07, 6.45) is 0.0209. The van der Waals surface area contributed by atoms with E-state index in [0.29, 0.717) is 24.5 Å². The molecule has 0 N–H and O–H groups in total. The third-order valence-corrected chi connectivity index (χ3v) is 3.14. The molecule has 2 rings (SSSR count). The molecule has 1 aliphatic rings. The zero-order chi connectivity index (χ0) is 14.4. The normalized spacial score (nSPS) is 19.2. The molecule has 0 spiro atoms. The lowest BCUT2D eigenvalue weighted by Gasteiger charge is -2.29. The first-order valence-electron chi connectivity index (χ1n) is 6.46. The summed E-state index contributed by atoms with van der Waals surface area (Å²) >= 11 is 5.44. The van der Waals surface area contributed by atoms with Crippen molar-refractivity contribution >= 4 is 11.6 Å². The maximum atomic E-state index is 13.7. The quantitative estimate of drug-likeness (QED) is 0.630. The summed E-state index contributed by atoms with van der Waals surface area (Å²) in [6, 6.07) is 4.64. The van der Waals surface area contributed by atoms with Crippen molar-refractivity contribution in [3.63, 3.8) is 0 Å². The smallest absolute Gasteiger partial charge is 0.142 e. The average Bonchev–Trinajstić information content (AvgIpc) is 2.44. The number of morpholine rings is 1. The highest BCUT2D eigenvalue weighted by molar-refractivity contribution is 6.19. The fraction of sp³-hybridized carbons (Fsp3) is 0.467. The number of benzene rings is 1. The number of nitrogens with zero attached hydrogens (tertiary/aromatic N) is 1. The van der Waals surface area contributed by atoms with Crippen LogP contribution >= 0.6 is 11.6 Å². The summed E-state index contributed by atoms with van der Waals surface area (Å²) in [4.78, 5) is 2.18. The van der Waals surface area contributed by atoms with Gasteiger partial charge in [0.2, 0.25) is 0 Å². The van der Waals surface area contributed by atoms with Gasteiger partial charge < -0.3 is 14.4 Å². The van der Waals surface area contributed by atoms with Crippen LogP contribution in [0, 0.1) is 17.7 Å². The number of rotatable bonds is 3. The monoisotopic (exact) mass is 297 g/mol. The Kier molecular flexibility index (Phi) is 5.66. The van der Waals surface area contributed by atoms with Crippen LogP contribution in [0.25, 0.3) is 0 Å². The van der Waals surface area contributed by atoms with E-state index < -0.39 is 5.82 Å². The van der Waals surface area contributed by atoms with Gasteiger partial charge in [-0.2, -0.15) is 0 Å². The molecule has 1 unspecified atom stereocenters. The maximum Gasteiger partial charge on any atom is 0.142 e. The fourth-order valence-electron chi connectivity index (χ4n) is 1.97. The summed E-state index contributed by atoms with van der Waals surface area (Å²) < 4.78 is 24.9. The van der Waals surface area contributed by atoms with E-state index in [0.717, 1.165) is 13.1 Å². The first-order valence-corrected chi connectivity index (χ1v) is 7.00. The molecule has 0 saturated carbocycles. The van der Waals surface area contributed by atoms with Gasteiger partial charge in [0.05, 0.1) is 18.1 Å². The SMILES string of the molecule is CN1CCOC(COc2ccc(C#CCCl)c(F)c2)C1. The standard InChI is InChI=1S/C15H17ClFNO2/c1-18-7-8-19-14(10-18)11-20-13-5-4-12(3-2-6-16)15(17)9-13/h4-5,9,14H,6-8,10-11H2,1H3. The molecule has 0 amide bonds. The summed E-state index contributed by atoms with van der Waals surface area (Å²) in [5.74, 6) is 5.55. The molecule has 1 atom stereocenters. The van der Waals surface area contributed by atoms with E-state index in [-0.39, 0.29) is 12.0 Å². The molecular weight excluding hydrogens is 281 g/mol. The Labute approximate surface area is 123 Å². The van der Waals surface area contributed by atoms with Crippen LogP contribution in [0.4, 0.5) is 4.39 Å². The van der Waals surface area contributed by atoms with Crippen LogP contribution in [0.3, 0.4) is 0 Å². The average molecular weight is 298 g/mol. The van der Waals surface area contributed by atoms with Crippen LogP contribution in [0.15, 0.2) is 18.2 Å². The Bertz CT molecular complexity index is 512. The molecule has 0 aromatic heterocycles. The number of likely N-dealkylation sites (N-methyl/N-ethyl adjacent to an activating group) is 1. The van der Waals surface area contributed by atoms with Crippen LogP contribution in [0.1, 0.15) is 5.56 Å². The maximum absolute atomic E-state index is 13.7. The van der Waals surface area contributed by atoms with E-state index in [1.165, 1.54) is 6.07 Å². The molecule has 1 saturated heterocycles. The van der Waals surface area contributed by atoms with Gasteiger partial charge >= 0.3 is 0 Å². The Hall–Kier alpha value is -1.28. The van der Waals surface area contributed by atoms with E-state index in [4.69, 9.17) is 21.1 Å². The molecule has 0 radical (unpaired) electrons. The molecule has 0 aliphatic carbocycles. The van der Waals surface area contributed by atoms with Crippen LogP contribution in [-0.2, 0) is 4.74 Å². The Morgan fingerprint density at radius 2 is 2.40 bits per heavy atom. The van der Waals surface area contributed by atoms with Gasteiger partial charge in [0, 0.05) is 19.2 Å². The first kappa shape index (κ1) is 15.1. The minimum atomic E-state index is -0.401. The minimum absolute atomic E-state index is 0.0209. The van der Waals surface area contributed by atoms with Crippen molar-refractivity contribution < 1.29 is 13.9 Å². The van der Waals surface area contributed by atoms with Crippen molar-refractivity contribution in [3.05, 3.63) is 29.6 Å². The van der Waals surface area contributed by atoms with Crippen molar-refractivity contribution in [3.8, 4) is 17.6 Å². The Balaban J connectivity index is 1.91. The molecule has 3 nitrogen and oxygen atoms in total. The van der Waals surface area contributed by atoms with Crippen molar-refractivity contribution in [1.82, 2.24) is 4.90 Å². The highest BCUT2D eigenvalue weighted by Gasteiger charge is 2.18. The summed E-state index contributed by atoms with van der Waals surface area (Å²) in [5.41, 5.74) is 0.326. The van der Waals surface area contributed by atoms with Gasteiger partial charge in [0.25, 0.3) is 0 Å². The van der Waals surface area contributed by atoms with Crippen LogP contribution in [-0.4, -0.2) is 50.2 Å². The Morgan fingerprint density at radius 3 is 3.10 bits per heavy atom. The molecule has 1 fully saturated rings. The van der Waals surface area contributed by atoms with E-state index in [2.05, 4.69) is 16.7 Å². The van der Waals surface area contributed by atoms with Gasteiger partial charge in [0.15, 0.2) is 0 Å². The summed E-state index contributed by atoms with van der Waals surface area (Å²) in [7, 11) is 2.04. The predicted octanol–water partition coefficient (Wildman–Crippen LogP) is 2.13. The lowest BCUT2D eigenvalue weighted by atomic mass is 10.2. The minimum Gasteiger partial charge on any atom is -0.491 e. The number of alkyl halides is 1. The molecule has 0 bridgehead atoms. The second-order valence-corrected chi connectivity index (χ2v) is 4.91. The zero-order valence-corrected chi connectivity index (χ0v) is 12.1. The van der Waals surface area contributed by atoms with Crippen LogP contribution < -0.4 is 4.74 Å². The predicted molar refractivity (Wildman–Crippen MR) is 76.7 cm³/mol. The molecule has 1 heterocycles. The van der Waals surface area contributed by atoms with Crippen LogP contribution in [0.2, 0.25) is 0 Å². The molecule has 20 heavy (non-hydrogen) atoms. The van der Waals surface area contributed by atoms with Gasteiger partial charge in [-0.25, -0.2) is 4.39 Å². The third kappa shape index (κ3) is 4.38. The summed E-state index contributed by atoms with van der Waals surface area (Å²) in [5, 5.41) is 0. The van der Waals surface area contributed by atoms with E-state index >= 15 is 0 Å². The number of hydrogen-bond acceptors (Lipinski definition) is 3. The molecule has 108 valence electrons. The van der Waals surface area contributed by atoms with E-state index in [1.807, 2.05) is 7.05 Å². The van der Waals surface area contributed by atoms with Crippen molar-refractivity contribution in [1.29, 1.82) is 0 Å². The fourth-order valence-corrected chi connectivity index (χ4v) is 2.04. The second kappa shape index (κ2) is 7.49. The molecule has 1 aromatic rings. The Morgan fingerprint density at radius 1 is 1.55 bits per heavy atom. The van der Waals surface area contributed by atoms with Gasteiger partial charge in [-0.1, -0.05) is 11.8 Å². The van der Waals surface area contributed by atoms with E-state index in [9.17, 15) is 4.39 Å². The van der Waals surface area contributed by atoms with Crippen molar-refractivity contribution in [2.75, 3.05) is 39.2 Å². The van der Waals surface area contributed by atoms with Crippen molar-refractivity contribution in [2.24, 2.45) is 0 Å². The van der Waals surface area contributed by atoms with Crippen molar-refractivity contribution in [2.45, 2.75) is 6.10 Å². The van der Waals surface area contributed by atoms with Gasteiger partial charge in [-0.15, -0.1) is 11.6 Å². The topological polar surface area (TPSA) is 21.7 Å². The lowest BCUT2D eigenvalue weighted by molar-refractivity contribution is -0.0403. The third-order valence-electron chi connectivity index (χ3n) is 3.01.